The predicted molar refractivity (Wildman–Crippen MR) is 88.2 cm³/mol. The van der Waals surface area contributed by atoms with Crippen molar-refractivity contribution in [1.82, 2.24) is 20.1 Å². The van der Waals surface area contributed by atoms with Gasteiger partial charge >= 0.3 is 0 Å². The summed E-state index contributed by atoms with van der Waals surface area (Å²) in [5.41, 5.74) is 2.20. The summed E-state index contributed by atoms with van der Waals surface area (Å²) in [6.07, 6.45) is 4.50. The molecular weight excluding hydrogens is 300 g/mol. The second kappa shape index (κ2) is 7.11. The standard InChI is InChI=1S/C16H23ClN4O/c1-5-16(3,11-22-15-14(17)7-6-8-18-15)19-9-13-10-20-21(4)12(13)2/h6-8,10,19H,5,9,11H2,1-4H3. The van der Waals surface area contributed by atoms with Gasteiger partial charge < -0.3 is 10.1 Å². The Morgan fingerprint density at radius 3 is 2.82 bits per heavy atom. The third kappa shape index (κ3) is 3.99. The number of ether oxygens (including phenoxy) is 1. The molecule has 0 aliphatic heterocycles. The molecule has 22 heavy (non-hydrogen) atoms. The van der Waals surface area contributed by atoms with Crippen molar-refractivity contribution < 1.29 is 4.74 Å². The highest BCUT2D eigenvalue weighted by atomic mass is 35.5. The van der Waals surface area contributed by atoms with Crippen molar-refractivity contribution in [2.75, 3.05) is 6.61 Å². The lowest BCUT2D eigenvalue weighted by Gasteiger charge is -2.29. The minimum atomic E-state index is -0.164. The van der Waals surface area contributed by atoms with E-state index in [0.29, 0.717) is 17.5 Å². The second-order valence-electron chi connectivity index (χ2n) is 5.73. The number of rotatable bonds is 7. The van der Waals surface area contributed by atoms with Gasteiger partial charge in [-0.3, -0.25) is 4.68 Å². The molecule has 1 N–H and O–H groups in total. The monoisotopic (exact) mass is 322 g/mol. The summed E-state index contributed by atoms with van der Waals surface area (Å²) in [6, 6.07) is 3.57. The topological polar surface area (TPSA) is 52.0 Å². The summed E-state index contributed by atoms with van der Waals surface area (Å²) < 4.78 is 7.67. The van der Waals surface area contributed by atoms with Gasteiger partial charge in [-0.05, 0) is 32.4 Å². The number of hydrogen-bond acceptors (Lipinski definition) is 4. The molecule has 0 saturated heterocycles. The van der Waals surface area contributed by atoms with Gasteiger partial charge in [0.15, 0.2) is 0 Å². The molecule has 0 aliphatic rings. The van der Waals surface area contributed by atoms with Crippen LogP contribution in [-0.2, 0) is 13.6 Å². The quantitative estimate of drug-likeness (QED) is 0.851. The maximum absolute atomic E-state index is 6.07. The molecule has 2 aromatic rings. The second-order valence-corrected chi connectivity index (χ2v) is 6.13. The van der Waals surface area contributed by atoms with Crippen molar-refractivity contribution in [1.29, 1.82) is 0 Å². The van der Waals surface area contributed by atoms with Crippen LogP contribution in [0.5, 0.6) is 5.88 Å². The molecule has 2 rings (SSSR count). The van der Waals surface area contributed by atoms with Gasteiger partial charge in [0.25, 0.3) is 0 Å². The van der Waals surface area contributed by atoms with Crippen LogP contribution < -0.4 is 10.1 Å². The average Bonchev–Trinajstić information content (AvgIpc) is 2.84. The van der Waals surface area contributed by atoms with Gasteiger partial charge in [-0.2, -0.15) is 5.10 Å². The molecule has 6 heteroatoms. The highest BCUT2D eigenvalue weighted by Gasteiger charge is 2.23. The molecule has 0 bridgehead atoms. The zero-order valence-corrected chi connectivity index (χ0v) is 14.3. The van der Waals surface area contributed by atoms with Crippen LogP contribution in [0.3, 0.4) is 0 Å². The van der Waals surface area contributed by atoms with E-state index in [0.717, 1.165) is 13.0 Å². The van der Waals surface area contributed by atoms with Gasteiger partial charge in [0.05, 0.1) is 6.20 Å². The lowest BCUT2D eigenvalue weighted by Crippen LogP contribution is -2.46. The van der Waals surface area contributed by atoms with Crippen molar-refractivity contribution in [2.24, 2.45) is 7.05 Å². The van der Waals surface area contributed by atoms with Crippen molar-refractivity contribution in [2.45, 2.75) is 39.3 Å². The van der Waals surface area contributed by atoms with E-state index in [1.807, 2.05) is 17.9 Å². The molecule has 2 aromatic heterocycles. The van der Waals surface area contributed by atoms with E-state index < -0.39 is 0 Å². The lowest BCUT2D eigenvalue weighted by atomic mass is 10.00. The molecule has 2 heterocycles. The van der Waals surface area contributed by atoms with Gasteiger partial charge in [0.1, 0.15) is 11.6 Å². The Morgan fingerprint density at radius 1 is 1.45 bits per heavy atom. The first-order valence-corrected chi connectivity index (χ1v) is 7.79. The number of pyridine rings is 1. The first-order valence-electron chi connectivity index (χ1n) is 7.41. The number of aryl methyl sites for hydroxylation is 1. The summed E-state index contributed by atoms with van der Waals surface area (Å²) in [5, 5.41) is 8.35. The average molecular weight is 323 g/mol. The van der Waals surface area contributed by atoms with Crippen LogP contribution in [0.1, 0.15) is 31.5 Å². The highest BCUT2D eigenvalue weighted by Crippen LogP contribution is 2.22. The van der Waals surface area contributed by atoms with Crippen molar-refractivity contribution >= 4 is 11.6 Å². The van der Waals surface area contributed by atoms with Crippen molar-refractivity contribution in [3.8, 4) is 5.88 Å². The lowest BCUT2D eigenvalue weighted by molar-refractivity contribution is 0.182. The van der Waals surface area contributed by atoms with E-state index in [1.54, 1.807) is 18.3 Å². The van der Waals surface area contributed by atoms with E-state index in [4.69, 9.17) is 16.3 Å². The minimum absolute atomic E-state index is 0.164. The molecule has 5 nitrogen and oxygen atoms in total. The van der Waals surface area contributed by atoms with Gasteiger partial charge in [-0.25, -0.2) is 4.98 Å². The third-order valence-corrected chi connectivity index (χ3v) is 4.36. The Bertz CT molecular complexity index is 628. The Labute approximate surface area is 136 Å². The maximum atomic E-state index is 6.07. The van der Waals surface area contributed by atoms with Gasteiger partial charge in [0.2, 0.25) is 5.88 Å². The smallest absolute Gasteiger partial charge is 0.232 e. The molecule has 0 spiro atoms. The summed E-state index contributed by atoms with van der Waals surface area (Å²) in [6.45, 7) is 7.59. The summed E-state index contributed by atoms with van der Waals surface area (Å²) in [7, 11) is 1.95. The van der Waals surface area contributed by atoms with Crippen LogP contribution in [0.2, 0.25) is 5.02 Å². The molecule has 0 radical (unpaired) electrons. The molecule has 0 saturated carbocycles. The zero-order chi connectivity index (χ0) is 16.2. The third-order valence-electron chi connectivity index (χ3n) is 4.08. The Balaban J connectivity index is 1.96. The normalized spacial score (nSPS) is 13.9. The van der Waals surface area contributed by atoms with Crippen LogP contribution in [-0.4, -0.2) is 26.9 Å². The molecular formula is C16H23ClN4O. The van der Waals surface area contributed by atoms with Crippen LogP contribution in [0.4, 0.5) is 0 Å². The highest BCUT2D eigenvalue weighted by molar-refractivity contribution is 6.31. The van der Waals surface area contributed by atoms with E-state index in [9.17, 15) is 0 Å². The predicted octanol–water partition coefficient (Wildman–Crippen LogP) is 3.11. The van der Waals surface area contributed by atoms with Gasteiger partial charge in [-0.1, -0.05) is 18.5 Å². The number of nitrogens with zero attached hydrogens (tertiary/aromatic N) is 3. The van der Waals surface area contributed by atoms with Gasteiger partial charge in [0, 0.05) is 36.6 Å². The van der Waals surface area contributed by atoms with E-state index in [2.05, 4.69) is 36.2 Å². The molecule has 1 atom stereocenters. The molecule has 1 unspecified atom stereocenters. The van der Waals surface area contributed by atoms with E-state index >= 15 is 0 Å². The molecule has 0 fully saturated rings. The fourth-order valence-electron chi connectivity index (χ4n) is 2.01. The van der Waals surface area contributed by atoms with Crippen LogP contribution in [0, 0.1) is 6.92 Å². The van der Waals surface area contributed by atoms with Crippen molar-refractivity contribution in [3.05, 3.63) is 40.8 Å². The first-order chi connectivity index (χ1) is 10.4. The summed E-state index contributed by atoms with van der Waals surface area (Å²) in [5.74, 6) is 0.475. The fraction of sp³-hybridized carbons (Fsp3) is 0.500. The molecule has 120 valence electrons. The SMILES string of the molecule is CCC(C)(COc1ncccc1Cl)NCc1cnn(C)c1C. The van der Waals surface area contributed by atoms with E-state index in [-0.39, 0.29) is 5.54 Å². The van der Waals surface area contributed by atoms with Crippen LogP contribution in [0.15, 0.2) is 24.5 Å². The Morgan fingerprint density at radius 2 is 2.23 bits per heavy atom. The first kappa shape index (κ1) is 16.8. The Hall–Kier alpha value is -1.59. The fourth-order valence-corrected chi connectivity index (χ4v) is 2.19. The summed E-state index contributed by atoms with van der Waals surface area (Å²) >= 11 is 6.07. The zero-order valence-electron chi connectivity index (χ0n) is 13.6. The maximum Gasteiger partial charge on any atom is 0.232 e. The van der Waals surface area contributed by atoms with Crippen molar-refractivity contribution in [3.63, 3.8) is 0 Å². The van der Waals surface area contributed by atoms with E-state index in [1.165, 1.54) is 11.3 Å². The van der Waals surface area contributed by atoms with Gasteiger partial charge in [-0.15, -0.1) is 0 Å². The van der Waals surface area contributed by atoms with Crippen LogP contribution in [0.25, 0.3) is 0 Å². The Kier molecular flexibility index (Phi) is 5.42. The molecule has 0 aliphatic carbocycles. The molecule has 0 amide bonds. The minimum Gasteiger partial charge on any atom is -0.475 e. The largest absolute Gasteiger partial charge is 0.475 e. The van der Waals surface area contributed by atoms with Crippen LogP contribution >= 0.6 is 11.6 Å². The number of nitrogens with one attached hydrogen (secondary N) is 1. The number of aromatic nitrogens is 3. The molecule has 0 aromatic carbocycles. The number of hydrogen-bond donors (Lipinski definition) is 1. The number of halogens is 1. The summed E-state index contributed by atoms with van der Waals surface area (Å²) in [4.78, 5) is 4.16.